The molecule has 0 atom stereocenters. The number of nitrogens with zero attached hydrogens (tertiary/aromatic N) is 2. The van der Waals surface area contributed by atoms with Crippen molar-refractivity contribution >= 4 is 21.6 Å². The summed E-state index contributed by atoms with van der Waals surface area (Å²) in [6.45, 7) is 3.10. The van der Waals surface area contributed by atoms with Crippen molar-refractivity contribution in [1.29, 1.82) is 0 Å². The van der Waals surface area contributed by atoms with Gasteiger partial charge in [-0.3, -0.25) is 4.79 Å². The van der Waals surface area contributed by atoms with E-state index in [-0.39, 0.29) is 23.9 Å². The molecule has 0 aliphatic carbocycles. The lowest BCUT2D eigenvalue weighted by Crippen LogP contribution is -2.30. The summed E-state index contributed by atoms with van der Waals surface area (Å²) in [5, 5.41) is 0. The molecule has 1 saturated heterocycles. The second-order valence-electron chi connectivity index (χ2n) is 7.84. The first-order chi connectivity index (χ1) is 14.9. The van der Waals surface area contributed by atoms with Crippen LogP contribution >= 0.6 is 0 Å². The summed E-state index contributed by atoms with van der Waals surface area (Å²) in [6.07, 6.45) is 1.38. The van der Waals surface area contributed by atoms with Crippen molar-refractivity contribution in [2.24, 2.45) is 0 Å². The van der Waals surface area contributed by atoms with Gasteiger partial charge >= 0.3 is 0 Å². The molecule has 0 saturated carbocycles. The van der Waals surface area contributed by atoms with Crippen LogP contribution in [0, 0.1) is 6.92 Å². The van der Waals surface area contributed by atoms with E-state index >= 15 is 0 Å². The van der Waals surface area contributed by atoms with Crippen LogP contribution in [-0.2, 0) is 27.9 Å². The number of aryl methyl sites for hydroxylation is 1. The molecule has 0 radical (unpaired) electrons. The van der Waals surface area contributed by atoms with Gasteiger partial charge in [-0.2, -0.15) is 4.31 Å². The first kappa shape index (κ1) is 21.3. The van der Waals surface area contributed by atoms with Crippen molar-refractivity contribution in [3.8, 4) is 0 Å². The van der Waals surface area contributed by atoms with E-state index in [0.29, 0.717) is 13.0 Å². The molecular weight excluding hydrogens is 408 g/mol. The molecule has 0 unspecified atom stereocenters. The topological polar surface area (TPSA) is 57.7 Å². The molecule has 31 heavy (non-hydrogen) atoms. The molecule has 3 aromatic rings. The minimum atomic E-state index is -3.74. The average molecular weight is 435 g/mol. The fraction of sp³-hybridized carbons (Fsp3) is 0.240. The Hall–Kier alpha value is -2.96. The standard InChI is InChI=1S/C25H26N2O3S/c1-20-17-23(14-15-24(20)27-16-8-13-25(27)28)31(29,30)26(18-21-9-4-2-5-10-21)19-22-11-6-3-7-12-22/h2-7,9-12,14-15,17H,8,13,16,18-19H2,1H3. The molecule has 5 nitrogen and oxygen atoms in total. The molecular formula is C25H26N2O3S. The van der Waals surface area contributed by atoms with Crippen molar-refractivity contribution < 1.29 is 13.2 Å². The molecule has 1 aliphatic rings. The van der Waals surface area contributed by atoms with Gasteiger partial charge in [0.25, 0.3) is 0 Å². The fourth-order valence-electron chi connectivity index (χ4n) is 3.94. The predicted octanol–water partition coefficient (Wildman–Crippen LogP) is 4.51. The van der Waals surface area contributed by atoms with E-state index in [9.17, 15) is 13.2 Å². The van der Waals surface area contributed by atoms with Crippen LogP contribution in [0.2, 0.25) is 0 Å². The van der Waals surface area contributed by atoms with Crippen molar-refractivity contribution in [2.75, 3.05) is 11.4 Å². The van der Waals surface area contributed by atoms with Crippen LogP contribution in [0.3, 0.4) is 0 Å². The third-order valence-corrected chi connectivity index (χ3v) is 7.36. The van der Waals surface area contributed by atoms with Crippen molar-refractivity contribution in [3.63, 3.8) is 0 Å². The van der Waals surface area contributed by atoms with Crippen LogP contribution in [0.1, 0.15) is 29.5 Å². The van der Waals surface area contributed by atoms with Gasteiger partial charge in [-0.25, -0.2) is 8.42 Å². The monoisotopic (exact) mass is 434 g/mol. The molecule has 0 spiro atoms. The third-order valence-electron chi connectivity index (χ3n) is 5.57. The van der Waals surface area contributed by atoms with Gasteiger partial charge in [0, 0.05) is 31.7 Å². The summed E-state index contributed by atoms with van der Waals surface area (Å²) in [6, 6.07) is 24.3. The normalized spacial score (nSPS) is 14.4. The Balaban J connectivity index is 1.67. The summed E-state index contributed by atoms with van der Waals surface area (Å²) in [5.74, 6) is 0.0912. The minimum Gasteiger partial charge on any atom is -0.312 e. The Morgan fingerprint density at radius 3 is 1.94 bits per heavy atom. The Morgan fingerprint density at radius 1 is 0.871 bits per heavy atom. The molecule has 0 bridgehead atoms. The van der Waals surface area contributed by atoms with E-state index in [2.05, 4.69) is 0 Å². The van der Waals surface area contributed by atoms with Crippen molar-refractivity contribution in [1.82, 2.24) is 4.31 Å². The number of carbonyl (C=O) groups excluding carboxylic acids is 1. The first-order valence-electron chi connectivity index (χ1n) is 10.4. The van der Waals surface area contributed by atoms with Crippen molar-refractivity contribution in [3.05, 3.63) is 95.6 Å². The lowest BCUT2D eigenvalue weighted by atomic mass is 10.2. The minimum absolute atomic E-state index is 0.0912. The van der Waals surface area contributed by atoms with Crippen LogP contribution in [0.15, 0.2) is 83.8 Å². The number of hydrogen-bond acceptors (Lipinski definition) is 3. The number of carbonyl (C=O) groups is 1. The van der Waals surface area contributed by atoms with Gasteiger partial charge in [0.05, 0.1) is 4.90 Å². The van der Waals surface area contributed by atoms with E-state index < -0.39 is 10.0 Å². The third kappa shape index (κ3) is 4.70. The molecule has 6 heteroatoms. The second-order valence-corrected chi connectivity index (χ2v) is 9.78. The molecule has 1 heterocycles. The van der Waals surface area contributed by atoms with Crippen LogP contribution in [0.5, 0.6) is 0 Å². The zero-order valence-corrected chi connectivity index (χ0v) is 18.4. The SMILES string of the molecule is Cc1cc(S(=O)(=O)N(Cc2ccccc2)Cc2ccccc2)ccc1N1CCCC1=O. The number of anilines is 1. The average Bonchev–Trinajstić information content (AvgIpc) is 3.20. The van der Waals surface area contributed by atoms with E-state index in [1.807, 2.05) is 67.6 Å². The van der Waals surface area contributed by atoms with Gasteiger partial charge in [-0.1, -0.05) is 60.7 Å². The largest absolute Gasteiger partial charge is 0.312 e. The van der Waals surface area contributed by atoms with E-state index in [0.717, 1.165) is 28.8 Å². The smallest absolute Gasteiger partial charge is 0.243 e. The van der Waals surface area contributed by atoms with Gasteiger partial charge in [0.1, 0.15) is 0 Å². The summed E-state index contributed by atoms with van der Waals surface area (Å²) in [4.78, 5) is 14.1. The van der Waals surface area contributed by atoms with E-state index in [4.69, 9.17) is 0 Å². The van der Waals surface area contributed by atoms with E-state index in [1.54, 1.807) is 23.1 Å². The fourth-order valence-corrected chi connectivity index (χ4v) is 5.45. The van der Waals surface area contributed by atoms with Crippen LogP contribution in [-0.4, -0.2) is 25.2 Å². The zero-order valence-electron chi connectivity index (χ0n) is 17.6. The first-order valence-corrected chi connectivity index (χ1v) is 11.9. The van der Waals surface area contributed by atoms with Gasteiger partial charge < -0.3 is 4.90 Å². The molecule has 0 aromatic heterocycles. The predicted molar refractivity (Wildman–Crippen MR) is 122 cm³/mol. The number of rotatable bonds is 7. The van der Waals surface area contributed by atoms with Crippen molar-refractivity contribution in [2.45, 2.75) is 37.8 Å². The Labute approximate surface area is 184 Å². The highest BCUT2D eigenvalue weighted by Gasteiger charge is 2.28. The van der Waals surface area contributed by atoms with Gasteiger partial charge in [0.2, 0.25) is 15.9 Å². The lowest BCUT2D eigenvalue weighted by Gasteiger charge is -2.24. The zero-order chi connectivity index (χ0) is 21.8. The molecule has 4 rings (SSSR count). The summed E-state index contributed by atoms with van der Waals surface area (Å²) in [5.41, 5.74) is 3.44. The highest BCUT2D eigenvalue weighted by molar-refractivity contribution is 7.89. The summed E-state index contributed by atoms with van der Waals surface area (Å²) < 4.78 is 28.8. The lowest BCUT2D eigenvalue weighted by molar-refractivity contribution is -0.117. The molecule has 1 aliphatic heterocycles. The summed E-state index contributed by atoms with van der Waals surface area (Å²) in [7, 11) is -3.74. The Bertz CT molecular complexity index is 1120. The van der Waals surface area contributed by atoms with Gasteiger partial charge in [-0.05, 0) is 48.2 Å². The maximum Gasteiger partial charge on any atom is 0.243 e. The Kier molecular flexibility index (Phi) is 6.20. The molecule has 1 amide bonds. The Morgan fingerprint density at radius 2 is 1.45 bits per heavy atom. The van der Waals surface area contributed by atoms with E-state index in [1.165, 1.54) is 4.31 Å². The molecule has 0 N–H and O–H groups in total. The molecule has 1 fully saturated rings. The number of sulfonamides is 1. The quantitative estimate of drug-likeness (QED) is 0.550. The number of hydrogen-bond donors (Lipinski definition) is 0. The highest BCUT2D eigenvalue weighted by Crippen LogP contribution is 2.29. The number of benzene rings is 3. The van der Waals surface area contributed by atoms with Crippen LogP contribution in [0.25, 0.3) is 0 Å². The highest BCUT2D eigenvalue weighted by atomic mass is 32.2. The van der Waals surface area contributed by atoms with Crippen LogP contribution < -0.4 is 4.90 Å². The molecule has 160 valence electrons. The van der Waals surface area contributed by atoms with Gasteiger partial charge in [0.15, 0.2) is 0 Å². The number of amides is 1. The molecule has 3 aromatic carbocycles. The second kappa shape index (κ2) is 9.04. The van der Waals surface area contributed by atoms with Gasteiger partial charge in [-0.15, -0.1) is 0 Å². The summed E-state index contributed by atoms with van der Waals surface area (Å²) >= 11 is 0. The maximum absolute atomic E-state index is 13.6. The van der Waals surface area contributed by atoms with Crippen LogP contribution in [0.4, 0.5) is 5.69 Å². The maximum atomic E-state index is 13.6.